The summed E-state index contributed by atoms with van der Waals surface area (Å²) in [6, 6.07) is 7.77. The molecule has 0 radical (unpaired) electrons. The molecule has 0 bridgehead atoms. The molecule has 146 valence electrons. The second-order valence-corrected chi connectivity index (χ2v) is 8.12. The largest absolute Gasteiger partial charge is 0.396 e. The lowest BCUT2D eigenvalue weighted by atomic mass is 9.93. The Kier molecular flexibility index (Phi) is 5.48. The molecule has 0 unspecified atom stereocenters. The summed E-state index contributed by atoms with van der Waals surface area (Å²) in [5, 5.41) is 20.2. The molecule has 0 saturated carbocycles. The number of nitrogens with one attached hydrogen (secondary N) is 1. The standard InChI is InChI=1S/C21H29N3O3/c25-13-15-4-7-23(8-5-15)10-18-11-24(12-19(18)14-26)21(27)17-2-1-16-3-6-22-20(16)9-17/h1-3,6,9,15,18-19,22,25-26H,4-5,7-8,10-14H2/t18-,19-/m0/s1. The first-order valence-corrected chi connectivity index (χ1v) is 9.98. The molecule has 6 nitrogen and oxygen atoms in total. The Labute approximate surface area is 159 Å². The first-order valence-electron chi connectivity index (χ1n) is 9.98. The molecule has 3 N–H and O–H groups in total. The number of H-pyrrole nitrogens is 1. The Morgan fingerprint density at radius 1 is 1.07 bits per heavy atom. The first kappa shape index (κ1) is 18.5. The van der Waals surface area contributed by atoms with E-state index < -0.39 is 0 Å². The van der Waals surface area contributed by atoms with Gasteiger partial charge in [0.25, 0.3) is 5.91 Å². The summed E-state index contributed by atoms with van der Waals surface area (Å²) < 4.78 is 0. The van der Waals surface area contributed by atoms with E-state index in [0.29, 0.717) is 30.5 Å². The van der Waals surface area contributed by atoms with E-state index in [2.05, 4.69) is 9.88 Å². The van der Waals surface area contributed by atoms with Gasteiger partial charge in [-0.05, 0) is 61.4 Å². The number of nitrogens with zero attached hydrogens (tertiary/aromatic N) is 2. The fourth-order valence-corrected chi connectivity index (χ4v) is 4.56. The monoisotopic (exact) mass is 371 g/mol. The third-order valence-corrected chi connectivity index (χ3v) is 6.36. The van der Waals surface area contributed by atoms with Crippen LogP contribution in [0.3, 0.4) is 0 Å². The zero-order chi connectivity index (χ0) is 18.8. The van der Waals surface area contributed by atoms with Gasteiger partial charge in [0.15, 0.2) is 0 Å². The Morgan fingerprint density at radius 2 is 1.85 bits per heavy atom. The van der Waals surface area contributed by atoms with E-state index in [4.69, 9.17) is 0 Å². The van der Waals surface area contributed by atoms with Crippen molar-refractivity contribution in [2.24, 2.45) is 17.8 Å². The minimum Gasteiger partial charge on any atom is -0.396 e. The van der Waals surface area contributed by atoms with Gasteiger partial charge < -0.3 is 25.0 Å². The van der Waals surface area contributed by atoms with E-state index >= 15 is 0 Å². The molecule has 27 heavy (non-hydrogen) atoms. The lowest BCUT2D eigenvalue weighted by Gasteiger charge is -2.33. The number of aromatic amines is 1. The number of benzene rings is 1. The zero-order valence-electron chi connectivity index (χ0n) is 15.7. The minimum atomic E-state index is 0.0476. The summed E-state index contributed by atoms with van der Waals surface area (Å²) in [5.41, 5.74) is 1.67. The molecule has 1 aromatic carbocycles. The van der Waals surface area contributed by atoms with E-state index in [1.54, 1.807) is 0 Å². The summed E-state index contributed by atoms with van der Waals surface area (Å²) in [6.07, 6.45) is 3.95. The van der Waals surface area contributed by atoms with Crippen molar-refractivity contribution in [2.45, 2.75) is 12.8 Å². The van der Waals surface area contributed by atoms with Gasteiger partial charge in [-0.3, -0.25) is 4.79 Å². The highest BCUT2D eigenvalue weighted by Crippen LogP contribution is 2.28. The Bertz CT molecular complexity index is 782. The number of aliphatic hydroxyl groups is 2. The van der Waals surface area contributed by atoms with Crippen LogP contribution < -0.4 is 0 Å². The SMILES string of the molecule is O=C(c1ccc2cc[nH]c2c1)N1C[C@@H](CO)[C@@H](CN2CCC(CO)CC2)C1. The number of rotatable bonds is 5. The molecule has 4 rings (SSSR count). The number of aliphatic hydroxyl groups excluding tert-OH is 2. The Hall–Kier alpha value is -1.89. The molecule has 1 aromatic heterocycles. The van der Waals surface area contributed by atoms with Crippen LogP contribution in [0.1, 0.15) is 23.2 Å². The van der Waals surface area contributed by atoms with Crippen molar-refractivity contribution in [1.29, 1.82) is 0 Å². The van der Waals surface area contributed by atoms with E-state index in [0.717, 1.165) is 43.4 Å². The summed E-state index contributed by atoms with van der Waals surface area (Å²) in [5.74, 6) is 0.920. The van der Waals surface area contributed by atoms with Gasteiger partial charge in [0.1, 0.15) is 0 Å². The number of fused-ring (bicyclic) bond motifs is 1. The number of hydrogen-bond donors (Lipinski definition) is 3. The molecule has 0 aliphatic carbocycles. The van der Waals surface area contributed by atoms with Crippen LogP contribution in [0, 0.1) is 17.8 Å². The van der Waals surface area contributed by atoms with Gasteiger partial charge in [0, 0.05) is 56.0 Å². The van der Waals surface area contributed by atoms with Gasteiger partial charge in [0.05, 0.1) is 0 Å². The second kappa shape index (κ2) is 8.00. The van der Waals surface area contributed by atoms with Gasteiger partial charge >= 0.3 is 0 Å². The molecule has 2 fully saturated rings. The zero-order valence-corrected chi connectivity index (χ0v) is 15.7. The Balaban J connectivity index is 1.40. The molecule has 6 heteroatoms. The van der Waals surface area contributed by atoms with Crippen LogP contribution >= 0.6 is 0 Å². The lowest BCUT2D eigenvalue weighted by molar-refractivity contribution is 0.0776. The van der Waals surface area contributed by atoms with Gasteiger partial charge in [-0.25, -0.2) is 0 Å². The molecule has 2 atom stereocenters. The maximum Gasteiger partial charge on any atom is 0.253 e. The molecule has 2 saturated heterocycles. The normalized spacial score (nSPS) is 24.7. The van der Waals surface area contributed by atoms with Crippen LogP contribution in [-0.2, 0) is 0 Å². The van der Waals surface area contributed by atoms with E-state index in [-0.39, 0.29) is 25.0 Å². The predicted molar refractivity (Wildman–Crippen MR) is 105 cm³/mol. The maximum absolute atomic E-state index is 13.0. The van der Waals surface area contributed by atoms with Crippen LogP contribution in [0.4, 0.5) is 0 Å². The highest BCUT2D eigenvalue weighted by Gasteiger charge is 2.36. The average Bonchev–Trinajstić information content (AvgIpc) is 3.34. The molecular weight excluding hydrogens is 342 g/mol. The van der Waals surface area contributed by atoms with Crippen molar-refractivity contribution in [2.75, 3.05) is 45.9 Å². The second-order valence-electron chi connectivity index (χ2n) is 8.12. The molecular formula is C21H29N3O3. The number of hydrogen-bond acceptors (Lipinski definition) is 4. The van der Waals surface area contributed by atoms with Crippen LogP contribution in [0.5, 0.6) is 0 Å². The average molecular weight is 371 g/mol. The van der Waals surface area contributed by atoms with Crippen molar-refractivity contribution in [3.8, 4) is 0 Å². The highest BCUT2D eigenvalue weighted by atomic mass is 16.3. The van der Waals surface area contributed by atoms with Crippen LogP contribution in [0.15, 0.2) is 30.5 Å². The quantitative estimate of drug-likeness (QED) is 0.745. The smallest absolute Gasteiger partial charge is 0.253 e. The van der Waals surface area contributed by atoms with Gasteiger partial charge in [-0.15, -0.1) is 0 Å². The predicted octanol–water partition coefficient (Wildman–Crippen LogP) is 1.55. The first-order chi connectivity index (χ1) is 13.2. The number of amides is 1. The summed E-state index contributed by atoms with van der Waals surface area (Å²) in [7, 11) is 0. The van der Waals surface area contributed by atoms with Crippen molar-refractivity contribution in [3.63, 3.8) is 0 Å². The lowest BCUT2D eigenvalue weighted by Crippen LogP contribution is -2.40. The van der Waals surface area contributed by atoms with Crippen molar-refractivity contribution < 1.29 is 15.0 Å². The number of likely N-dealkylation sites (tertiary alicyclic amines) is 2. The number of carbonyl (C=O) groups is 1. The minimum absolute atomic E-state index is 0.0476. The number of carbonyl (C=O) groups excluding carboxylic acids is 1. The van der Waals surface area contributed by atoms with Crippen molar-refractivity contribution in [3.05, 3.63) is 36.0 Å². The van der Waals surface area contributed by atoms with Crippen LogP contribution in [0.25, 0.3) is 10.9 Å². The topological polar surface area (TPSA) is 79.8 Å². The van der Waals surface area contributed by atoms with Gasteiger partial charge in [-0.2, -0.15) is 0 Å². The third-order valence-electron chi connectivity index (χ3n) is 6.36. The summed E-state index contributed by atoms with van der Waals surface area (Å²) in [6.45, 7) is 4.64. The summed E-state index contributed by atoms with van der Waals surface area (Å²) >= 11 is 0. The molecule has 3 heterocycles. The fraction of sp³-hybridized carbons (Fsp3) is 0.571. The van der Waals surface area contributed by atoms with Crippen molar-refractivity contribution in [1.82, 2.24) is 14.8 Å². The molecule has 0 spiro atoms. The maximum atomic E-state index is 13.0. The molecule has 2 aliphatic heterocycles. The van der Waals surface area contributed by atoms with Crippen molar-refractivity contribution >= 4 is 16.8 Å². The van der Waals surface area contributed by atoms with E-state index in [1.165, 1.54) is 0 Å². The highest BCUT2D eigenvalue weighted by molar-refractivity contribution is 5.98. The molecule has 2 aromatic rings. The summed E-state index contributed by atoms with van der Waals surface area (Å²) in [4.78, 5) is 20.5. The molecule has 2 aliphatic rings. The number of aromatic nitrogens is 1. The van der Waals surface area contributed by atoms with Gasteiger partial charge in [0.2, 0.25) is 0 Å². The fourth-order valence-electron chi connectivity index (χ4n) is 4.56. The number of piperidine rings is 1. The Morgan fingerprint density at radius 3 is 2.59 bits per heavy atom. The van der Waals surface area contributed by atoms with Crippen LogP contribution in [-0.4, -0.2) is 76.8 Å². The third kappa shape index (κ3) is 3.88. The van der Waals surface area contributed by atoms with Gasteiger partial charge in [-0.1, -0.05) is 6.07 Å². The van der Waals surface area contributed by atoms with Crippen LogP contribution in [0.2, 0.25) is 0 Å². The molecule has 1 amide bonds. The van der Waals surface area contributed by atoms with E-state index in [1.807, 2.05) is 35.4 Å². The van der Waals surface area contributed by atoms with E-state index in [9.17, 15) is 15.0 Å².